The van der Waals surface area contributed by atoms with Gasteiger partial charge in [-0.05, 0) is 70.7 Å². The number of alkyl carbamates (subject to hydrolysis) is 1. The molecule has 2 saturated heterocycles. The second-order valence-electron chi connectivity index (χ2n) is 9.26. The first-order valence-corrected chi connectivity index (χ1v) is 13.9. The zero-order valence-electron chi connectivity index (χ0n) is 18.9. The number of hydrogen-bond acceptors (Lipinski definition) is 6. The molecule has 0 atom stereocenters. The fraction of sp³-hybridized carbons (Fsp3) is 0.667. The first kappa shape index (κ1) is 24.9. The predicted octanol–water partition coefficient (Wildman–Crippen LogP) is 2.54. The molecule has 0 aliphatic carbocycles. The van der Waals surface area contributed by atoms with E-state index in [1.54, 1.807) is 20.8 Å². The van der Waals surface area contributed by atoms with Gasteiger partial charge in [0.2, 0.25) is 20.0 Å². The molecule has 2 heterocycles. The maximum Gasteiger partial charge on any atom is 0.407 e. The van der Waals surface area contributed by atoms with E-state index in [1.807, 2.05) is 0 Å². The Hall–Kier alpha value is -1.69. The average molecular weight is 488 g/mol. The Morgan fingerprint density at radius 3 is 1.72 bits per heavy atom. The number of rotatable bonds is 5. The second-order valence-corrected chi connectivity index (χ2v) is 13.1. The summed E-state index contributed by atoms with van der Waals surface area (Å²) in [6.07, 6.45) is 3.13. The van der Waals surface area contributed by atoms with Crippen molar-refractivity contribution in [3.8, 4) is 0 Å². The van der Waals surface area contributed by atoms with Crippen LogP contribution >= 0.6 is 0 Å². The Morgan fingerprint density at radius 2 is 1.28 bits per heavy atom. The maximum atomic E-state index is 13.0. The Balaban J connectivity index is 1.62. The molecule has 0 unspecified atom stereocenters. The topological polar surface area (TPSA) is 113 Å². The Kier molecular flexibility index (Phi) is 7.53. The third-order valence-corrected chi connectivity index (χ3v) is 9.41. The van der Waals surface area contributed by atoms with Crippen LogP contribution in [0.5, 0.6) is 0 Å². The van der Waals surface area contributed by atoms with Gasteiger partial charge in [0.05, 0.1) is 9.79 Å². The van der Waals surface area contributed by atoms with Gasteiger partial charge in [0.25, 0.3) is 0 Å². The summed E-state index contributed by atoms with van der Waals surface area (Å²) >= 11 is 0. The number of carbonyl (C=O) groups is 1. The molecule has 3 rings (SSSR count). The van der Waals surface area contributed by atoms with Crippen LogP contribution in [0.3, 0.4) is 0 Å². The maximum absolute atomic E-state index is 13.0. The molecule has 0 bridgehead atoms. The molecule has 2 aliphatic rings. The number of nitrogens with one attached hydrogen (secondary N) is 1. The predicted molar refractivity (Wildman–Crippen MR) is 120 cm³/mol. The first-order chi connectivity index (χ1) is 14.9. The summed E-state index contributed by atoms with van der Waals surface area (Å²) in [5.41, 5.74) is -0.595. The van der Waals surface area contributed by atoms with E-state index in [0.717, 1.165) is 19.3 Å². The summed E-state index contributed by atoms with van der Waals surface area (Å²) in [4.78, 5) is 12.1. The Morgan fingerprint density at radius 1 is 0.844 bits per heavy atom. The van der Waals surface area contributed by atoms with Gasteiger partial charge in [-0.15, -0.1) is 0 Å². The fourth-order valence-corrected chi connectivity index (χ4v) is 6.89. The van der Waals surface area contributed by atoms with E-state index in [4.69, 9.17) is 4.74 Å². The van der Waals surface area contributed by atoms with Crippen molar-refractivity contribution in [2.24, 2.45) is 0 Å². The van der Waals surface area contributed by atoms with E-state index >= 15 is 0 Å². The molecular weight excluding hydrogens is 454 g/mol. The minimum absolute atomic E-state index is 0.0636. The van der Waals surface area contributed by atoms with Gasteiger partial charge in [0.15, 0.2) is 0 Å². The minimum atomic E-state index is -3.75. The third-order valence-electron chi connectivity index (χ3n) is 5.59. The summed E-state index contributed by atoms with van der Waals surface area (Å²) in [6.45, 7) is 6.86. The normalized spacial score (nSPS) is 20.1. The number of amides is 1. The van der Waals surface area contributed by atoms with Crippen LogP contribution in [-0.4, -0.2) is 69.4 Å². The van der Waals surface area contributed by atoms with Crippen LogP contribution in [-0.2, 0) is 24.8 Å². The lowest BCUT2D eigenvalue weighted by Gasteiger charge is -2.32. The fourth-order valence-electron chi connectivity index (χ4n) is 3.90. The molecule has 1 N–H and O–H groups in total. The van der Waals surface area contributed by atoms with E-state index in [2.05, 4.69) is 5.32 Å². The van der Waals surface area contributed by atoms with Crippen molar-refractivity contribution in [3.63, 3.8) is 0 Å². The SMILES string of the molecule is CC(C)(C)OC(=O)NC1CCN(S(=O)(=O)c2ccc(S(=O)(=O)N3CCCCC3)cc2)CC1. The molecule has 0 saturated carbocycles. The largest absolute Gasteiger partial charge is 0.444 e. The van der Waals surface area contributed by atoms with Gasteiger partial charge in [0.1, 0.15) is 5.60 Å². The molecule has 2 aliphatic heterocycles. The molecule has 1 amide bonds. The Bertz CT molecular complexity index is 1000. The molecule has 1 aromatic rings. The molecule has 11 heteroatoms. The summed E-state index contributed by atoms with van der Waals surface area (Å²) in [5, 5.41) is 2.79. The van der Waals surface area contributed by atoms with Crippen LogP contribution in [0.4, 0.5) is 4.79 Å². The van der Waals surface area contributed by atoms with Crippen molar-refractivity contribution in [3.05, 3.63) is 24.3 Å². The third kappa shape index (κ3) is 6.00. The van der Waals surface area contributed by atoms with Gasteiger partial charge in [0, 0.05) is 32.2 Å². The monoisotopic (exact) mass is 487 g/mol. The number of benzene rings is 1. The highest BCUT2D eigenvalue weighted by Crippen LogP contribution is 2.25. The molecule has 32 heavy (non-hydrogen) atoms. The van der Waals surface area contributed by atoms with E-state index in [1.165, 1.54) is 32.9 Å². The van der Waals surface area contributed by atoms with Crippen molar-refractivity contribution in [2.75, 3.05) is 26.2 Å². The van der Waals surface area contributed by atoms with Crippen LogP contribution < -0.4 is 5.32 Å². The van der Waals surface area contributed by atoms with Gasteiger partial charge in [-0.1, -0.05) is 6.42 Å². The summed E-state index contributed by atoms with van der Waals surface area (Å²) in [7, 11) is -7.36. The second kappa shape index (κ2) is 9.66. The number of hydrogen-bond donors (Lipinski definition) is 1. The standard InChI is InChI=1S/C21H33N3O6S2/c1-21(2,3)30-20(25)22-17-11-15-24(16-12-17)32(28,29)19-9-7-18(8-10-19)31(26,27)23-13-5-4-6-14-23/h7-10,17H,4-6,11-16H2,1-3H3,(H,22,25). The number of carbonyl (C=O) groups excluding carboxylic acids is 1. The van der Waals surface area contributed by atoms with Gasteiger partial charge in [-0.3, -0.25) is 0 Å². The smallest absolute Gasteiger partial charge is 0.407 e. The van der Waals surface area contributed by atoms with E-state index in [-0.39, 0.29) is 28.9 Å². The van der Waals surface area contributed by atoms with Crippen molar-refractivity contribution in [1.82, 2.24) is 13.9 Å². The average Bonchev–Trinajstić information content (AvgIpc) is 2.73. The van der Waals surface area contributed by atoms with Crippen LogP contribution in [0.2, 0.25) is 0 Å². The molecule has 0 spiro atoms. The van der Waals surface area contributed by atoms with Crippen LogP contribution in [0.25, 0.3) is 0 Å². The van der Waals surface area contributed by atoms with Crippen LogP contribution in [0.15, 0.2) is 34.1 Å². The van der Waals surface area contributed by atoms with Gasteiger partial charge in [-0.25, -0.2) is 21.6 Å². The number of nitrogens with zero attached hydrogens (tertiary/aromatic N) is 2. The lowest BCUT2D eigenvalue weighted by Crippen LogP contribution is -2.47. The first-order valence-electron chi connectivity index (χ1n) is 11.0. The Labute approximate surface area is 191 Å². The quantitative estimate of drug-likeness (QED) is 0.683. The summed E-state index contributed by atoms with van der Waals surface area (Å²) in [6, 6.07) is 5.30. The lowest BCUT2D eigenvalue weighted by molar-refractivity contribution is 0.0489. The molecule has 9 nitrogen and oxygen atoms in total. The zero-order valence-corrected chi connectivity index (χ0v) is 20.5. The highest BCUT2D eigenvalue weighted by molar-refractivity contribution is 7.89. The van der Waals surface area contributed by atoms with E-state index < -0.39 is 31.7 Å². The molecule has 0 radical (unpaired) electrons. The van der Waals surface area contributed by atoms with E-state index in [9.17, 15) is 21.6 Å². The van der Waals surface area contributed by atoms with Gasteiger partial charge >= 0.3 is 6.09 Å². The van der Waals surface area contributed by atoms with Crippen molar-refractivity contribution >= 4 is 26.1 Å². The number of piperidine rings is 2. The molecule has 2 fully saturated rings. The van der Waals surface area contributed by atoms with Crippen molar-refractivity contribution < 1.29 is 26.4 Å². The van der Waals surface area contributed by atoms with Gasteiger partial charge in [-0.2, -0.15) is 8.61 Å². The molecular formula is C21H33N3O6S2. The highest BCUT2D eigenvalue weighted by Gasteiger charge is 2.32. The number of ether oxygens (including phenoxy) is 1. The van der Waals surface area contributed by atoms with Crippen molar-refractivity contribution in [2.45, 2.75) is 74.3 Å². The molecule has 180 valence electrons. The van der Waals surface area contributed by atoms with E-state index in [0.29, 0.717) is 25.9 Å². The highest BCUT2D eigenvalue weighted by atomic mass is 32.2. The molecule has 0 aromatic heterocycles. The van der Waals surface area contributed by atoms with Crippen LogP contribution in [0.1, 0.15) is 52.9 Å². The van der Waals surface area contributed by atoms with Crippen LogP contribution in [0, 0.1) is 0 Å². The van der Waals surface area contributed by atoms with Crippen molar-refractivity contribution in [1.29, 1.82) is 0 Å². The zero-order chi connectivity index (χ0) is 23.6. The minimum Gasteiger partial charge on any atom is -0.444 e. The molecule has 1 aromatic carbocycles. The number of sulfonamides is 2. The lowest BCUT2D eigenvalue weighted by atomic mass is 10.1. The summed E-state index contributed by atoms with van der Waals surface area (Å²) < 4.78 is 59.7. The van der Waals surface area contributed by atoms with Gasteiger partial charge < -0.3 is 10.1 Å². The summed E-state index contributed by atoms with van der Waals surface area (Å²) in [5.74, 6) is 0.